The normalized spacial score (nSPS) is 15.8. The van der Waals surface area contributed by atoms with Crippen LogP contribution in [-0.2, 0) is 4.74 Å². The highest BCUT2D eigenvalue weighted by Crippen LogP contribution is 2.45. The van der Waals surface area contributed by atoms with Crippen molar-refractivity contribution in [1.82, 2.24) is 15.1 Å². The van der Waals surface area contributed by atoms with E-state index in [4.69, 9.17) is 4.74 Å². The van der Waals surface area contributed by atoms with Gasteiger partial charge in [0.05, 0.1) is 12.6 Å². The minimum Gasteiger partial charge on any atom is -0.508 e. The molecular formula is C22H23N3O4. The van der Waals surface area contributed by atoms with E-state index in [0.29, 0.717) is 35.7 Å². The van der Waals surface area contributed by atoms with E-state index in [1.54, 1.807) is 36.3 Å². The molecule has 2 aromatic carbocycles. The van der Waals surface area contributed by atoms with Gasteiger partial charge in [0.25, 0.3) is 5.91 Å². The number of aromatic amines is 1. The summed E-state index contributed by atoms with van der Waals surface area (Å²) in [7, 11) is 1.59. The maximum Gasteiger partial charge on any atom is 0.273 e. The Kier molecular flexibility index (Phi) is 4.76. The molecule has 2 heterocycles. The predicted molar refractivity (Wildman–Crippen MR) is 108 cm³/mol. The molecule has 3 N–H and O–H groups in total. The Labute approximate surface area is 168 Å². The highest BCUT2D eigenvalue weighted by Gasteiger charge is 2.42. The van der Waals surface area contributed by atoms with Crippen molar-refractivity contribution in [1.29, 1.82) is 0 Å². The lowest BCUT2D eigenvalue weighted by atomic mass is 9.93. The number of carbonyl (C=O) groups excluding carboxylic acids is 1. The Morgan fingerprint density at radius 1 is 1.21 bits per heavy atom. The van der Waals surface area contributed by atoms with Crippen molar-refractivity contribution in [2.45, 2.75) is 19.9 Å². The number of phenolic OH excluding ortho intramolecular Hbond substituents is 2. The molecule has 0 radical (unpaired) electrons. The molecule has 3 aromatic rings. The van der Waals surface area contributed by atoms with E-state index in [1.165, 1.54) is 0 Å². The van der Waals surface area contributed by atoms with Crippen LogP contribution in [0.15, 0.2) is 36.4 Å². The van der Waals surface area contributed by atoms with Crippen molar-refractivity contribution < 1.29 is 19.7 Å². The van der Waals surface area contributed by atoms with E-state index in [1.807, 2.05) is 26.0 Å². The average Bonchev–Trinajstić information content (AvgIpc) is 3.19. The molecule has 7 nitrogen and oxygen atoms in total. The van der Waals surface area contributed by atoms with Gasteiger partial charge in [0.2, 0.25) is 0 Å². The van der Waals surface area contributed by atoms with Gasteiger partial charge >= 0.3 is 0 Å². The summed E-state index contributed by atoms with van der Waals surface area (Å²) >= 11 is 0. The molecule has 1 aliphatic rings. The number of carbonyl (C=O) groups is 1. The minimum atomic E-state index is -0.450. The Hall–Kier alpha value is -3.32. The molecule has 29 heavy (non-hydrogen) atoms. The number of ether oxygens (including phenoxy) is 1. The van der Waals surface area contributed by atoms with Crippen LogP contribution in [0.25, 0.3) is 11.3 Å². The van der Waals surface area contributed by atoms with Gasteiger partial charge in [-0.15, -0.1) is 0 Å². The summed E-state index contributed by atoms with van der Waals surface area (Å²) in [6.07, 6.45) is 0. The third-order valence-corrected chi connectivity index (χ3v) is 5.28. The topological polar surface area (TPSA) is 98.7 Å². The second kappa shape index (κ2) is 7.25. The molecule has 0 aliphatic carbocycles. The molecule has 1 atom stereocenters. The number of H-pyrrole nitrogens is 1. The van der Waals surface area contributed by atoms with E-state index in [9.17, 15) is 15.0 Å². The lowest BCUT2D eigenvalue weighted by Crippen LogP contribution is -2.32. The van der Waals surface area contributed by atoms with Crippen LogP contribution in [-0.4, -0.2) is 51.5 Å². The Morgan fingerprint density at radius 2 is 2.00 bits per heavy atom. The number of hydrogen-bond acceptors (Lipinski definition) is 5. The minimum absolute atomic E-state index is 0.120. The number of methoxy groups -OCH3 is 1. The fourth-order valence-corrected chi connectivity index (χ4v) is 4.10. The first kappa shape index (κ1) is 19.0. The van der Waals surface area contributed by atoms with Crippen LogP contribution < -0.4 is 0 Å². The number of fused-ring (bicyclic) bond motifs is 1. The first-order chi connectivity index (χ1) is 13.9. The van der Waals surface area contributed by atoms with E-state index in [0.717, 1.165) is 16.7 Å². The number of aromatic hydroxyl groups is 2. The van der Waals surface area contributed by atoms with Crippen molar-refractivity contribution >= 4 is 5.91 Å². The molecule has 1 unspecified atom stereocenters. The van der Waals surface area contributed by atoms with Crippen LogP contribution in [0.4, 0.5) is 0 Å². The molecule has 1 aromatic heterocycles. The number of hydrogen-bond donors (Lipinski definition) is 3. The zero-order valence-electron chi connectivity index (χ0n) is 16.6. The Morgan fingerprint density at radius 3 is 2.69 bits per heavy atom. The second-order valence-electron chi connectivity index (χ2n) is 7.33. The van der Waals surface area contributed by atoms with Gasteiger partial charge in [-0.2, -0.15) is 5.10 Å². The van der Waals surface area contributed by atoms with Crippen molar-refractivity contribution in [2.75, 3.05) is 20.3 Å². The number of nitrogens with zero attached hydrogens (tertiary/aromatic N) is 2. The van der Waals surface area contributed by atoms with Crippen LogP contribution in [0, 0.1) is 13.8 Å². The van der Waals surface area contributed by atoms with Crippen LogP contribution in [0.5, 0.6) is 11.5 Å². The van der Waals surface area contributed by atoms with Gasteiger partial charge in [0, 0.05) is 24.8 Å². The van der Waals surface area contributed by atoms with Gasteiger partial charge in [-0.25, -0.2) is 0 Å². The number of aryl methyl sites for hydroxylation is 2. The van der Waals surface area contributed by atoms with Gasteiger partial charge in [0.1, 0.15) is 22.9 Å². The van der Waals surface area contributed by atoms with Crippen LogP contribution in [0.2, 0.25) is 0 Å². The van der Waals surface area contributed by atoms with E-state index >= 15 is 0 Å². The summed E-state index contributed by atoms with van der Waals surface area (Å²) in [5, 5.41) is 27.9. The van der Waals surface area contributed by atoms with Crippen LogP contribution in [0.1, 0.15) is 38.8 Å². The van der Waals surface area contributed by atoms with Crippen molar-refractivity contribution in [2.24, 2.45) is 0 Å². The highest BCUT2D eigenvalue weighted by atomic mass is 16.5. The summed E-state index contributed by atoms with van der Waals surface area (Å²) in [5.41, 5.74) is 4.80. The number of amides is 1. The molecule has 150 valence electrons. The largest absolute Gasteiger partial charge is 0.508 e. The van der Waals surface area contributed by atoms with Gasteiger partial charge < -0.3 is 19.8 Å². The summed E-state index contributed by atoms with van der Waals surface area (Å²) < 4.78 is 5.19. The molecule has 1 amide bonds. The fraction of sp³-hybridized carbons (Fsp3) is 0.273. The summed E-state index contributed by atoms with van der Waals surface area (Å²) in [6, 6.07) is 10.1. The average molecular weight is 393 g/mol. The Balaban J connectivity index is 1.92. The molecule has 0 saturated heterocycles. The molecule has 0 saturated carbocycles. The number of benzene rings is 2. The Bertz CT molecular complexity index is 1070. The molecule has 1 aliphatic heterocycles. The molecule has 0 spiro atoms. The second-order valence-corrected chi connectivity index (χ2v) is 7.33. The van der Waals surface area contributed by atoms with Crippen LogP contribution in [0.3, 0.4) is 0 Å². The number of rotatable bonds is 5. The van der Waals surface area contributed by atoms with Crippen molar-refractivity contribution in [3.63, 3.8) is 0 Å². The van der Waals surface area contributed by atoms with Crippen molar-refractivity contribution in [3.05, 3.63) is 64.3 Å². The third kappa shape index (κ3) is 3.13. The first-order valence-electron chi connectivity index (χ1n) is 9.40. The lowest BCUT2D eigenvalue weighted by Gasteiger charge is -2.26. The highest BCUT2D eigenvalue weighted by molar-refractivity contribution is 6.00. The third-order valence-electron chi connectivity index (χ3n) is 5.28. The van der Waals surface area contributed by atoms with Crippen LogP contribution >= 0.6 is 0 Å². The molecule has 0 bridgehead atoms. The summed E-state index contributed by atoms with van der Waals surface area (Å²) in [5.74, 6) is 0.0529. The van der Waals surface area contributed by atoms with Gasteiger partial charge in [-0.1, -0.05) is 18.2 Å². The van der Waals surface area contributed by atoms with Crippen molar-refractivity contribution in [3.8, 4) is 22.8 Å². The molecular weight excluding hydrogens is 370 g/mol. The quantitative estimate of drug-likeness (QED) is 0.618. The number of aromatic nitrogens is 2. The molecule has 7 heteroatoms. The zero-order chi connectivity index (χ0) is 20.7. The molecule has 4 rings (SSSR count). The lowest BCUT2D eigenvalue weighted by molar-refractivity contribution is 0.0677. The van der Waals surface area contributed by atoms with Gasteiger partial charge in [-0.05, 0) is 48.7 Å². The SMILES string of the molecule is COCCN1C(=O)c2[nH]nc(-c3c(C)cc(C)cc3O)c2C1c1cccc(O)c1. The zero-order valence-corrected chi connectivity index (χ0v) is 16.6. The predicted octanol–water partition coefficient (Wildman–Crippen LogP) is 3.30. The van der Waals surface area contributed by atoms with E-state index < -0.39 is 6.04 Å². The fourth-order valence-electron chi connectivity index (χ4n) is 4.10. The summed E-state index contributed by atoms with van der Waals surface area (Å²) in [6.45, 7) is 4.59. The maximum atomic E-state index is 13.1. The molecule has 0 fully saturated rings. The van der Waals surface area contributed by atoms with E-state index in [2.05, 4.69) is 10.2 Å². The van der Waals surface area contributed by atoms with Gasteiger partial charge in [-0.3, -0.25) is 9.89 Å². The first-order valence-corrected chi connectivity index (χ1v) is 9.40. The van der Waals surface area contributed by atoms with E-state index in [-0.39, 0.29) is 17.4 Å². The monoisotopic (exact) mass is 393 g/mol. The van der Waals surface area contributed by atoms with Gasteiger partial charge in [0.15, 0.2) is 0 Å². The summed E-state index contributed by atoms with van der Waals surface area (Å²) in [4.78, 5) is 14.8. The smallest absolute Gasteiger partial charge is 0.273 e. The number of phenols is 2. The maximum absolute atomic E-state index is 13.1. The standard InChI is InChI=1S/C22H23N3O4/c1-12-9-13(2)17(16(27)10-12)19-18-20(24-23-19)22(28)25(7-8-29-3)21(18)14-5-4-6-15(26)11-14/h4-6,9-11,21,26-27H,7-8H2,1-3H3,(H,23,24). The number of nitrogens with one attached hydrogen (secondary N) is 1.